The van der Waals surface area contributed by atoms with Gasteiger partial charge in [-0.15, -0.1) is 0 Å². The Morgan fingerprint density at radius 1 is 0.800 bits per heavy atom. The summed E-state index contributed by atoms with van der Waals surface area (Å²) in [5.74, 6) is 0.926. The highest BCUT2D eigenvalue weighted by molar-refractivity contribution is 8.76. The molecule has 1 rings (SSSR count). The molecule has 0 N–H and O–H groups in total. The summed E-state index contributed by atoms with van der Waals surface area (Å²) in [5, 5.41) is 1.38. The summed E-state index contributed by atoms with van der Waals surface area (Å²) in [7, 11) is 3.04. The smallest absolute Gasteiger partial charge is 0.0809 e. The second-order valence-corrected chi connectivity index (χ2v) is 6.87. The van der Waals surface area contributed by atoms with E-state index in [9.17, 15) is 0 Å². The van der Waals surface area contributed by atoms with Crippen LogP contribution in [0.5, 0.6) is 0 Å². The van der Waals surface area contributed by atoms with Gasteiger partial charge in [-0.3, -0.25) is 0 Å². The molecule has 1 aromatic carbocycles. The zero-order valence-electron chi connectivity index (χ0n) is 7.41. The maximum atomic E-state index is 6.02. The normalized spacial score (nSPS) is 10.8. The van der Waals surface area contributed by atoms with E-state index in [0.29, 0.717) is 14.9 Å². The average Bonchev–Trinajstić information content (AvgIpc) is 2.24. The van der Waals surface area contributed by atoms with Crippen molar-refractivity contribution >= 4 is 79.6 Å². The summed E-state index contributed by atoms with van der Waals surface area (Å²) < 4.78 is 0. The summed E-state index contributed by atoms with van der Waals surface area (Å²) in [6.45, 7) is 2.03. The third kappa shape index (κ3) is 3.19. The van der Waals surface area contributed by atoms with Gasteiger partial charge < -0.3 is 0 Å². The molecule has 0 aliphatic heterocycles. The first kappa shape index (κ1) is 14.4. The molecule has 1 aromatic rings. The Morgan fingerprint density at radius 2 is 1.20 bits per heavy atom. The van der Waals surface area contributed by atoms with Gasteiger partial charge in [-0.1, -0.05) is 86.5 Å². The molecular weight excluding hydrogens is 337 g/mol. The van der Waals surface area contributed by atoms with Crippen molar-refractivity contribution in [3.8, 4) is 0 Å². The van der Waals surface area contributed by atoms with Crippen LogP contribution in [-0.2, 0) is 0 Å². The number of hydrogen-bond donors (Lipinski definition) is 0. The standard InChI is InChI=1S/C8H5Cl5S2/c1-2-14-15-8-6(12)4(10)3(9)5(11)7(8)13/h2H2,1H3. The first-order chi connectivity index (χ1) is 7.00. The topological polar surface area (TPSA) is 0 Å². The Kier molecular flexibility index (Phi) is 6.10. The van der Waals surface area contributed by atoms with Gasteiger partial charge in [0.1, 0.15) is 0 Å². The first-order valence-corrected chi connectivity index (χ1v) is 8.02. The number of rotatable bonds is 3. The molecule has 15 heavy (non-hydrogen) atoms. The van der Waals surface area contributed by atoms with Gasteiger partial charge in [-0.2, -0.15) is 0 Å². The van der Waals surface area contributed by atoms with E-state index < -0.39 is 0 Å². The minimum atomic E-state index is 0.194. The Balaban J connectivity index is 3.26. The highest BCUT2D eigenvalue weighted by Crippen LogP contribution is 2.50. The maximum Gasteiger partial charge on any atom is 0.0809 e. The lowest BCUT2D eigenvalue weighted by Gasteiger charge is -2.10. The fourth-order valence-corrected chi connectivity index (χ4v) is 4.33. The summed E-state index contributed by atoms with van der Waals surface area (Å²) in [5.41, 5.74) is 0. The molecule has 0 saturated carbocycles. The van der Waals surface area contributed by atoms with Crippen LogP contribution in [0, 0.1) is 0 Å². The highest BCUT2D eigenvalue weighted by atomic mass is 35.5. The Labute approximate surface area is 121 Å². The van der Waals surface area contributed by atoms with Crippen molar-refractivity contribution in [3.63, 3.8) is 0 Å². The lowest BCUT2D eigenvalue weighted by atomic mass is 10.3. The van der Waals surface area contributed by atoms with Crippen LogP contribution < -0.4 is 0 Å². The number of hydrogen-bond acceptors (Lipinski definition) is 2. The van der Waals surface area contributed by atoms with Gasteiger partial charge in [0.05, 0.1) is 30.0 Å². The second kappa shape index (κ2) is 6.34. The Hall–Kier alpha value is 1.37. The number of benzene rings is 1. The molecule has 0 spiro atoms. The van der Waals surface area contributed by atoms with Crippen molar-refractivity contribution in [1.29, 1.82) is 0 Å². The first-order valence-electron chi connectivity index (χ1n) is 3.81. The summed E-state index contributed by atoms with van der Waals surface area (Å²) in [6.07, 6.45) is 0. The van der Waals surface area contributed by atoms with Gasteiger partial charge >= 0.3 is 0 Å². The van der Waals surface area contributed by atoms with E-state index in [1.54, 1.807) is 10.8 Å². The molecule has 0 unspecified atom stereocenters. The van der Waals surface area contributed by atoms with Crippen LogP contribution in [-0.4, -0.2) is 5.75 Å². The lowest BCUT2D eigenvalue weighted by Crippen LogP contribution is -1.82. The van der Waals surface area contributed by atoms with E-state index in [1.165, 1.54) is 10.8 Å². The van der Waals surface area contributed by atoms with Crippen LogP contribution >= 0.6 is 79.6 Å². The molecule has 0 fully saturated rings. The van der Waals surface area contributed by atoms with Crippen molar-refractivity contribution in [3.05, 3.63) is 25.1 Å². The van der Waals surface area contributed by atoms with Crippen LogP contribution in [0.2, 0.25) is 25.1 Å². The molecule has 0 nitrogen and oxygen atoms in total. The summed E-state index contributed by atoms with van der Waals surface area (Å²) >= 11 is 29.7. The minimum Gasteiger partial charge on any atom is -0.0891 e. The van der Waals surface area contributed by atoms with Gasteiger partial charge in [-0.25, -0.2) is 0 Å². The second-order valence-electron chi connectivity index (χ2n) is 2.39. The van der Waals surface area contributed by atoms with E-state index in [-0.39, 0.29) is 15.1 Å². The monoisotopic (exact) mass is 340 g/mol. The van der Waals surface area contributed by atoms with Gasteiger partial charge in [-0.05, 0) is 0 Å². The number of halogens is 5. The summed E-state index contributed by atoms with van der Waals surface area (Å²) in [4.78, 5) is 0.657. The molecule has 0 heterocycles. The Morgan fingerprint density at radius 3 is 1.60 bits per heavy atom. The van der Waals surface area contributed by atoms with Gasteiger partial charge in [0.25, 0.3) is 0 Å². The molecule has 0 aliphatic rings. The molecule has 7 heteroatoms. The van der Waals surface area contributed by atoms with Crippen LogP contribution in [0.4, 0.5) is 0 Å². The minimum absolute atomic E-state index is 0.194. The zero-order valence-corrected chi connectivity index (χ0v) is 12.8. The molecule has 0 amide bonds. The fourth-order valence-electron chi connectivity index (χ4n) is 0.776. The van der Waals surface area contributed by atoms with Crippen LogP contribution in [0.25, 0.3) is 0 Å². The molecule has 0 bridgehead atoms. The third-order valence-electron chi connectivity index (χ3n) is 1.43. The maximum absolute atomic E-state index is 6.02. The highest BCUT2D eigenvalue weighted by Gasteiger charge is 2.19. The van der Waals surface area contributed by atoms with Crippen molar-refractivity contribution in [2.45, 2.75) is 11.8 Å². The zero-order chi connectivity index (χ0) is 11.6. The third-order valence-corrected chi connectivity index (χ3v) is 6.42. The van der Waals surface area contributed by atoms with Crippen LogP contribution in [0.1, 0.15) is 6.92 Å². The van der Waals surface area contributed by atoms with E-state index >= 15 is 0 Å². The van der Waals surface area contributed by atoms with Gasteiger partial charge in [0.15, 0.2) is 0 Å². The molecule has 84 valence electrons. The van der Waals surface area contributed by atoms with Gasteiger partial charge in [0, 0.05) is 5.75 Å². The van der Waals surface area contributed by atoms with Crippen LogP contribution in [0.15, 0.2) is 4.90 Å². The van der Waals surface area contributed by atoms with Crippen LogP contribution in [0.3, 0.4) is 0 Å². The lowest BCUT2D eigenvalue weighted by molar-refractivity contribution is 1.47. The molecule has 0 aromatic heterocycles. The van der Waals surface area contributed by atoms with E-state index in [0.717, 1.165) is 5.75 Å². The quantitative estimate of drug-likeness (QED) is 0.340. The fraction of sp³-hybridized carbons (Fsp3) is 0.250. The van der Waals surface area contributed by atoms with Gasteiger partial charge in [0.2, 0.25) is 0 Å². The van der Waals surface area contributed by atoms with E-state index in [4.69, 9.17) is 58.0 Å². The van der Waals surface area contributed by atoms with Crippen molar-refractivity contribution in [2.24, 2.45) is 0 Å². The SMILES string of the molecule is CCSSc1c(Cl)c(Cl)c(Cl)c(Cl)c1Cl. The predicted molar refractivity (Wildman–Crippen MR) is 75.5 cm³/mol. The average molecular weight is 343 g/mol. The summed E-state index contributed by atoms with van der Waals surface area (Å²) in [6, 6.07) is 0. The molecule has 0 aliphatic carbocycles. The molecule has 0 atom stereocenters. The van der Waals surface area contributed by atoms with E-state index in [1.807, 2.05) is 6.92 Å². The van der Waals surface area contributed by atoms with E-state index in [2.05, 4.69) is 0 Å². The van der Waals surface area contributed by atoms with Crippen molar-refractivity contribution < 1.29 is 0 Å². The van der Waals surface area contributed by atoms with Crippen molar-refractivity contribution in [1.82, 2.24) is 0 Å². The van der Waals surface area contributed by atoms with Crippen molar-refractivity contribution in [2.75, 3.05) is 5.75 Å². The predicted octanol–water partition coefficient (Wildman–Crippen LogP) is 6.71. The molecule has 0 saturated heterocycles. The Bertz CT molecular complexity index is 351. The molecular formula is C8H5Cl5S2. The largest absolute Gasteiger partial charge is 0.0891 e. The molecule has 0 radical (unpaired) electrons.